The number of anilines is 1. The first-order chi connectivity index (χ1) is 9.08. The first-order valence-corrected chi connectivity index (χ1v) is 6.27. The number of para-hydroxylation sites is 1. The summed E-state index contributed by atoms with van der Waals surface area (Å²) in [7, 11) is 0. The summed E-state index contributed by atoms with van der Waals surface area (Å²) in [6.07, 6.45) is 0. The number of halogens is 1. The highest BCUT2D eigenvalue weighted by molar-refractivity contribution is 6.30. The van der Waals surface area contributed by atoms with Crippen molar-refractivity contribution >= 4 is 23.3 Å². The Kier molecular flexibility index (Phi) is 4.07. The highest BCUT2D eigenvalue weighted by Crippen LogP contribution is 2.22. The predicted octanol–water partition coefficient (Wildman–Crippen LogP) is 3.96. The Labute approximate surface area is 116 Å². The van der Waals surface area contributed by atoms with Crippen LogP contribution >= 0.6 is 11.6 Å². The van der Waals surface area contributed by atoms with Crippen molar-refractivity contribution in [3.05, 3.63) is 64.2 Å². The monoisotopic (exact) mass is 275 g/mol. The standard InChI is InChI=1S/C15H14ClNO2/c1-10-4-2-7-13(15(18)19)14(10)17-9-11-5-3-6-12(16)8-11/h2-8,17H,9H2,1H3,(H,18,19). The summed E-state index contributed by atoms with van der Waals surface area (Å²) >= 11 is 5.92. The molecule has 19 heavy (non-hydrogen) atoms. The molecule has 0 heterocycles. The van der Waals surface area contributed by atoms with Gasteiger partial charge in [0.05, 0.1) is 11.3 Å². The lowest BCUT2D eigenvalue weighted by molar-refractivity contribution is 0.0698. The fourth-order valence-corrected chi connectivity index (χ4v) is 2.13. The molecule has 3 nitrogen and oxygen atoms in total. The van der Waals surface area contributed by atoms with E-state index in [1.165, 1.54) is 0 Å². The first kappa shape index (κ1) is 13.4. The lowest BCUT2D eigenvalue weighted by atomic mass is 10.1. The molecule has 0 aromatic heterocycles. The molecule has 2 aromatic carbocycles. The summed E-state index contributed by atoms with van der Waals surface area (Å²) < 4.78 is 0. The molecule has 2 aromatic rings. The highest BCUT2D eigenvalue weighted by atomic mass is 35.5. The summed E-state index contributed by atoms with van der Waals surface area (Å²) in [4.78, 5) is 11.2. The summed E-state index contributed by atoms with van der Waals surface area (Å²) in [5.74, 6) is -0.933. The van der Waals surface area contributed by atoms with Crippen molar-refractivity contribution < 1.29 is 9.90 Å². The van der Waals surface area contributed by atoms with Crippen molar-refractivity contribution in [2.24, 2.45) is 0 Å². The van der Waals surface area contributed by atoms with Crippen molar-refractivity contribution in [3.8, 4) is 0 Å². The van der Waals surface area contributed by atoms with Crippen LogP contribution in [0.4, 0.5) is 5.69 Å². The molecule has 0 fully saturated rings. The molecule has 0 aliphatic carbocycles. The molecular weight excluding hydrogens is 262 g/mol. The number of nitrogens with one attached hydrogen (secondary N) is 1. The Bertz CT molecular complexity index is 611. The minimum absolute atomic E-state index is 0.280. The van der Waals surface area contributed by atoms with E-state index in [1.807, 2.05) is 37.3 Å². The SMILES string of the molecule is Cc1cccc(C(=O)O)c1NCc1cccc(Cl)c1. The number of hydrogen-bond donors (Lipinski definition) is 2. The number of aryl methyl sites for hydroxylation is 1. The predicted molar refractivity (Wildman–Crippen MR) is 76.9 cm³/mol. The van der Waals surface area contributed by atoms with Gasteiger partial charge in [0.1, 0.15) is 0 Å². The van der Waals surface area contributed by atoms with Gasteiger partial charge >= 0.3 is 5.97 Å². The van der Waals surface area contributed by atoms with Crippen LogP contribution in [0.15, 0.2) is 42.5 Å². The van der Waals surface area contributed by atoms with Gasteiger partial charge in [-0.2, -0.15) is 0 Å². The summed E-state index contributed by atoms with van der Waals surface area (Å²) in [6, 6.07) is 12.7. The first-order valence-electron chi connectivity index (χ1n) is 5.89. The number of benzene rings is 2. The Hall–Kier alpha value is -2.00. The number of carboxylic acid groups (broad SMARTS) is 1. The minimum Gasteiger partial charge on any atom is -0.478 e. The Morgan fingerprint density at radius 3 is 2.68 bits per heavy atom. The second-order valence-electron chi connectivity index (χ2n) is 4.29. The van der Waals surface area contributed by atoms with Crippen LogP contribution in [-0.4, -0.2) is 11.1 Å². The van der Waals surface area contributed by atoms with E-state index in [1.54, 1.807) is 12.1 Å². The third-order valence-electron chi connectivity index (χ3n) is 2.86. The van der Waals surface area contributed by atoms with E-state index in [4.69, 9.17) is 11.6 Å². The lowest BCUT2D eigenvalue weighted by Crippen LogP contribution is -2.07. The van der Waals surface area contributed by atoms with E-state index in [0.29, 0.717) is 17.3 Å². The topological polar surface area (TPSA) is 49.3 Å². The van der Waals surface area contributed by atoms with Gasteiger partial charge in [0.15, 0.2) is 0 Å². The molecule has 0 unspecified atom stereocenters. The summed E-state index contributed by atoms with van der Waals surface area (Å²) in [5.41, 5.74) is 2.84. The quantitative estimate of drug-likeness (QED) is 0.888. The maximum absolute atomic E-state index is 11.2. The zero-order valence-electron chi connectivity index (χ0n) is 10.5. The molecule has 0 spiro atoms. The van der Waals surface area contributed by atoms with Gasteiger partial charge in [0, 0.05) is 11.6 Å². The van der Waals surface area contributed by atoms with Gasteiger partial charge in [0.25, 0.3) is 0 Å². The number of aromatic carboxylic acids is 1. The number of hydrogen-bond acceptors (Lipinski definition) is 2. The van der Waals surface area contributed by atoms with Crippen LogP contribution in [0, 0.1) is 6.92 Å². The van der Waals surface area contributed by atoms with E-state index < -0.39 is 5.97 Å². The van der Waals surface area contributed by atoms with E-state index >= 15 is 0 Å². The molecule has 0 radical (unpaired) electrons. The van der Waals surface area contributed by atoms with Crippen LogP contribution in [0.2, 0.25) is 5.02 Å². The van der Waals surface area contributed by atoms with Crippen molar-refractivity contribution in [1.29, 1.82) is 0 Å². The van der Waals surface area contributed by atoms with Gasteiger partial charge in [-0.05, 0) is 36.2 Å². The molecule has 2 rings (SSSR count). The number of carbonyl (C=O) groups is 1. The number of carboxylic acids is 1. The van der Waals surface area contributed by atoms with Gasteiger partial charge < -0.3 is 10.4 Å². The van der Waals surface area contributed by atoms with Gasteiger partial charge in [-0.15, -0.1) is 0 Å². The summed E-state index contributed by atoms with van der Waals surface area (Å²) in [5, 5.41) is 13.0. The molecule has 0 aliphatic rings. The van der Waals surface area contributed by atoms with E-state index in [-0.39, 0.29) is 5.56 Å². The molecular formula is C15H14ClNO2. The van der Waals surface area contributed by atoms with Crippen molar-refractivity contribution in [3.63, 3.8) is 0 Å². The normalized spacial score (nSPS) is 10.2. The van der Waals surface area contributed by atoms with E-state index in [2.05, 4.69) is 5.32 Å². The maximum atomic E-state index is 11.2. The van der Waals surface area contributed by atoms with E-state index in [0.717, 1.165) is 11.1 Å². The zero-order chi connectivity index (χ0) is 13.8. The Morgan fingerprint density at radius 2 is 2.00 bits per heavy atom. The van der Waals surface area contributed by atoms with E-state index in [9.17, 15) is 9.90 Å². The highest BCUT2D eigenvalue weighted by Gasteiger charge is 2.11. The van der Waals surface area contributed by atoms with Crippen molar-refractivity contribution in [2.75, 3.05) is 5.32 Å². The molecule has 0 atom stereocenters. The fourth-order valence-electron chi connectivity index (χ4n) is 1.92. The van der Waals surface area contributed by atoms with Crippen molar-refractivity contribution in [2.45, 2.75) is 13.5 Å². The molecule has 0 bridgehead atoms. The molecule has 98 valence electrons. The zero-order valence-corrected chi connectivity index (χ0v) is 11.2. The minimum atomic E-state index is -0.933. The van der Waals surface area contributed by atoms with Crippen LogP contribution in [0.1, 0.15) is 21.5 Å². The van der Waals surface area contributed by atoms with Crippen molar-refractivity contribution in [1.82, 2.24) is 0 Å². The third kappa shape index (κ3) is 3.26. The number of rotatable bonds is 4. The van der Waals surface area contributed by atoms with Crippen LogP contribution in [0.5, 0.6) is 0 Å². The third-order valence-corrected chi connectivity index (χ3v) is 3.10. The molecule has 0 aliphatic heterocycles. The average molecular weight is 276 g/mol. The molecule has 0 saturated heterocycles. The van der Waals surface area contributed by atoms with Gasteiger partial charge in [0.2, 0.25) is 0 Å². The maximum Gasteiger partial charge on any atom is 0.337 e. The van der Waals surface area contributed by atoms with Crippen LogP contribution in [0.3, 0.4) is 0 Å². The van der Waals surface area contributed by atoms with Gasteiger partial charge in [-0.3, -0.25) is 0 Å². The molecule has 0 saturated carbocycles. The van der Waals surface area contributed by atoms with Crippen LogP contribution in [-0.2, 0) is 6.54 Å². The van der Waals surface area contributed by atoms with Crippen LogP contribution < -0.4 is 5.32 Å². The second kappa shape index (κ2) is 5.76. The molecule has 2 N–H and O–H groups in total. The molecule has 4 heteroatoms. The average Bonchev–Trinajstić information content (AvgIpc) is 2.37. The fraction of sp³-hybridized carbons (Fsp3) is 0.133. The molecule has 0 amide bonds. The smallest absolute Gasteiger partial charge is 0.337 e. The summed E-state index contributed by atoms with van der Waals surface area (Å²) in [6.45, 7) is 2.42. The lowest BCUT2D eigenvalue weighted by Gasteiger charge is -2.12. The van der Waals surface area contributed by atoms with Gasteiger partial charge in [-0.25, -0.2) is 4.79 Å². The Morgan fingerprint density at radius 1 is 1.26 bits per heavy atom. The van der Waals surface area contributed by atoms with Gasteiger partial charge in [-0.1, -0.05) is 35.9 Å². The Balaban J connectivity index is 2.22. The second-order valence-corrected chi connectivity index (χ2v) is 4.72. The largest absolute Gasteiger partial charge is 0.478 e. The van der Waals surface area contributed by atoms with Crippen LogP contribution in [0.25, 0.3) is 0 Å².